The van der Waals surface area contributed by atoms with Gasteiger partial charge in [-0.25, -0.2) is 4.98 Å². The number of nitrogens with zero attached hydrogens (tertiary/aromatic N) is 1. The van der Waals surface area contributed by atoms with Gasteiger partial charge in [0, 0.05) is 29.6 Å². The van der Waals surface area contributed by atoms with Crippen LogP contribution in [-0.4, -0.2) is 42.6 Å². The summed E-state index contributed by atoms with van der Waals surface area (Å²) < 4.78 is 10.5. The van der Waals surface area contributed by atoms with Gasteiger partial charge in [0.25, 0.3) is 5.91 Å². The Balaban J connectivity index is 1.54. The first-order valence-corrected chi connectivity index (χ1v) is 10.7. The van der Waals surface area contributed by atoms with Crippen LogP contribution >= 0.6 is 22.9 Å². The molecule has 1 saturated carbocycles. The van der Waals surface area contributed by atoms with Crippen LogP contribution in [0.5, 0.6) is 5.75 Å². The van der Waals surface area contributed by atoms with Gasteiger partial charge in [0.15, 0.2) is 0 Å². The van der Waals surface area contributed by atoms with Crippen LogP contribution in [0.15, 0.2) is 29.6 Å². The van der Waals surface area contributed by atoms with E-state index in [-0.39, 0.29) is 37.1 Å². The summed E-state index contributed by atoms with van der Waals surface area (Å²) in [4.78, 5) is 28.8. The van der Waals surface area contributed by atoms with Gasteiger partial charge in [0.05, 0.1) is 0 Å². The van der Waals surface area contributed by atoms with E-state index in [2.05, 4.69) is 15.6 Å². The molecule has 156 valence electrons. The number of hydrogen-bond donors (Lipinski definition) is 2. The van der Waals surface area contributed by atoms with Crippen molar-refractivity contribution < 1.29 is 19.1 Å². The molecule has 1 fully saturated rings. The highest BCUT2D eigenvalue weighted by molar-refractivity contribution is 7.09. The van der Waals surface area contributed by atoms with Crippen LogP contribution in [0.3, 0.4) is 0 Å². The van der Waals surface area contributed by atoms with Crippen molar-refractivity contribution >= 4 is 34.8 Å². The second kappa shape index (κ2) is 10.6. The molecule has 2 amide bonds. The molecule has 9 heteroatoms. The number of methoxy groups -OCH3 is 1. The second-order valence-corrected chi connectivity index (χ2v) is 8.22. The topological polar surface area (TPSA) is 89.6 Å². The number of thiazole rings is 1. The first-order valence-electron chi connectivity index (χ1n) is 9.47. The number of nitrogens with one attached hydrogen (secondary N) is 2. The average molecular weight is 438 g/mol. The number of ether oxygens (including phenoxy) is 2. The number of halogens is 1. The molecule has 0 spiro atoms. The van der Waals surface area contributed by atoms with Gasteiger partial charge in [-0.15, -0.1) is 11.3 Å². The zero-order valence-electron chi connectivity index (χ0n) is 16.2. The average Bonchev–Trinajstić information content (AvgIpc) is 3.18. The van der Waals surface area contributed by atoms with E-state index >= 15 is 0 Å². The summed E-state index contributed by atoms with van der Waals surface area (Å²) in [5.74, 6) is 0.276. The van der Waals surface area contributed by atoms with Crippen LogP contribution in [-0.2, 0) is 16.1 Å². The number of rotatable bonds is 8. The fourth-order valence-electron chi connectivity index (χ4n) is 3.26. The zero-order valence-corrected chi connectivity index (χ0v) is 17.7. The summed E-state index contributed by atoms with van der Waals surface area (Å²) in [5.41, 5.74) is 0.359. The summed E-state index contributed by atoms with van der Waals surface area (Å²) in [7, 11) is 1.48. The third-order valence-corrected chi connectivity index (χ3v) is 5.74. The van der Waals surface area contributed by atoms with Crippen molar-refractivity contribution in [3.8, 4) is 5.75 Å². The van der Waals surface area contributed by atoms with Crippen LogP contribution in [0, 0.1) is 0 Å². The lowest BCUT2D eigenvalue weighted by molar-refractivity contribution is -0.125. The van der Waals surface area contributed by atoms with Crippen molar-refractivity contribution in [1.82, 2.24) is 15.6 Å². The van der Waals surface area contributed by atoms with E-state index in [0.717, 1.165) is 25.7 Å². The number of hydrogen-bond acceptors (Lipinski definition) is 6. The van der Waals surface area contributed by atoms with E-state index in [0.29, 0.717) is 21.5 Å². The van der Waals surface area contributed by atoms with Gasteiger partial charge in [-0.2, -0.15) is 0 Å². The minimum absolute atomic E-state index is 0.0141. The van der Waals surface area contributed by atoms with E-state index < -0.39 is 0 Å². The SMILES string of the molecule is COCC(=O)NC1CCCCC1NC(=O)c1csc(COc2ccc(Cl)cc2)n1. The smallest absolute Gasteiger partial charge is 0.271 e. The molecule has 3 rings (SSSR count). The van der Waals surface area contributed by atoms with Crippen molar-refractivity contribution in [3.63, 3.8) is 0 Å². The fraction of sp³-hybridized carbons (Fsp3) is 0.450. The monoisotopic (exact) mass is 437 g/mol. The lowest BCUT2D eigenvalue weighted by atomic mass is 9.90. The van der Waals surface area contributed by atoms with Gasteiger partial charge < -0.3 is 20.1 Å². The molecule has 2 N–H and O–H groups in total. The molecule has 0 saturated heterocycles. The van der Waals surface area contributed by atoms with E-state index in [4.69, 9.17) is 21.1 Å². The minimum atomic E-state index is -0.239. The molecule has 0 radical (unpaired) electrons. The summed E-state index contributed by atoms with van der Waals surface area (Å²) in [6.45, 7) is 0.291. The largest absolute Gasteiger partial charge is 0.486 e. The number of aromatic nitrogens is 1. The highest BCUT2D eigenvalue weighted by Gasteiger charge is 2.28. The summed E-state index contributed by atoms with van der Waals surface area (Å²) in [5, 5.41) is 9.04. The highest BCUT2D eigenvalue weighted by Crippen LogP contribution is 2.21. The highest BCUT2D eigenvalue weighted by atomic mass is 35.5. The number of carbonyl (C=O) groups is 2. The van der Waals surface area contributed by atoms with Gasteiger partial charge >= 0.3 is 0 Å². The van der Waals surface area contributed by atoms with Crippen LogP contribution in [0.4, 0.5) is 0 Å². The van der Waals surface area contributed by atoms with Crippen molar-refractivity contribution in [2.24, 2.45) is 0 Å². The normalized spacial score (nSPS) is 18.8. The van der Waals surface area contributed by atoms with Gasteiger partial charge in [-0.1, -0.05) is 24.4 Å². The molecule has 2 atom stereocenters. The van der Waals surface area contributed by atoms with Crippen LogP contribution in [0.25, 0.3) is 0 Å². The summed E-state index contributed by atoms with van der Waals surface area (Å²) in [6.07, 6.45) is 3.68. The van der Waals surface area contributed by atoms with Gasteiger partial charge in [-0.3, -0.25) is 9.59 Å². The van der Waals surface area contributed by atoms with Gasteiger partial charge in [0.1, 0.15) is 29.7 Å². The predicted molar refractivity (Wildman–Crippen MR) is 111 cm³/mol. The molecule has 29 heavy (non-hydrogen) atoms. The third-order valence-electron chi connectivity index (χ3n) is 4.66. The Labute approximate surface area is 178 Å². The molecule has 2 aromatic rings. The Bertz CT molecular complexity index is 827. The Morgan fingerprint density at radius 1 is 1.17 bits per heavy atom. The maximum Gasteiger partial charge on any atom is 0.271 e. The minimum Gasteiger partial charge on any atom is -0.486 e. The Morgan fingerprint density at radius 3 is 2.55 bits per heavy atom. The number of benzene rings is 1. The van der Waals surface area contributed by atoms with Crippen molar-refractivity contribution in [3.05, 3.63) is 45.4 Å². The first-order chi connectivity index (χ1) is 14.0. The van der Waals surface area contributed by atoms with E-state index in [9.17, 15) is 9.59 Å². The number of amides is 2. The third kappa shape index (κ3) is 6.42. The lowest BCUT2D eigenvalue weighted by Crippen LogP contribution is -2.53. The molecule has 1 aliphatic carbocycles. The molecule has 1 heterocycles. The Hall–Kier alpha value is -2.16. The van der Waals surface area contributed by atoms with E-state index in [1.165, 1.54) is 18.4 Å². The maximum atomic E-state index is 12.6. The molecule has 1 aliphatic rings. The molecular formula is C20H24ClN3O4S. The Morgan fingerprint density at radius 2 is 1.86 bits per heavy atom. The van der Waals surface area contributed by atoms with Crippen LogP contribution < -0.4 is 15.4 Å². The van der Waals surface area contributed by atoms with Crippen molar-refractivity contribution in [2.75, 3.05) is 13.7 Å². The molecule has 1 aromatic heterocycles. The van der Waals surface area contributed by atoms with E-state index in [1.807, 2.05) is 0 Å². The molecule has 2 unspecified atom stereocenters. The fourth-order valence-corrected chi connectivity index (χ4v) is 4.07. The molecule has 0 bridgehead atoms. The van der Waals surface area contributed by atoms with Crippen molar-refractivity contribution in [1.29, 1.82) is 0 Å². The molecule has 1 aromatic carbocycles. The second-order valence-electron chi connectivity index (χ2n) is 6.84. The first kappa shape index (κ1) is 21.5. The van der Waals surface area contributed by atoms with Gasteiger partial charge in [-0.05, 0) is 37.1 Å². The predicted octanol–water partition coefficient (Wildman–Crippen LogP) is 3.18. The Kier molecular flexibility index (Phi) is 7.85. The van der Waals surface area contributed by atoms with E-state index in [1.54, 1.807) is 29.6 Å². The lowest BCUT2D eigenvalue weighted by Gasteiger charge is -2.32. The molecule has 0 aliphatic heterocycles. The maximum absolute atomic E-state index is 12.6. The summed E-state index contributed by atoms with van der Waals surface area (Å²) in [6, 6.07) is 6.86. The van der Waals surface area contributed by atoms with Crippen LogP contribution in [0.1, 0.15) is 41.2 Å². The van der Waals surface area contributed by atoms with Crippen LogP contribution in [0.2, 0.25) is 5.02 Å². The molecule has 7 nitrogen and oxygen atoms in total. The quantitative estimate of drug-likeness (QED) is 0.662. The van der Waals surface area contributed by atoms with Gasteiger partial charge in [0.2, 0.25) is 5.91 Å². The zero-order chi connectivity index (χ0) is 20.6. The standard InChI is InChI=1S/C20H24ClN3O4S/c1-27-10-18(25)22-15-4-2-3-5-16(15)24-20(26)17-12-29-19(23-17)11-28-14-8-6-13(21)7-9-14/h6-9,12,15-16H,2-5,10-11H2,1H3,(H,22,25)(H,24,26). The molecular weight excluding hydrogens is 414 g/mol. The van der Waals surface area contributed by atoms with Crippen molar-refractivity contribution in [2.45, 2.75) is 44.4 Å². The number of carbonyl (C=O) groups excluding carboxylic acids is 2. The summed E-state index contributed by atoms with van der Waals surface area (Å²) >= 11 is 7.23.